The molecule has 0 saturated heterocycles. The highest BCUT2D eigenvalue weighted by Crippen LogP contribution is 2.12. The van der Waals surface area contributed by atoms with Gasteiger partial charge in [-0.2, -0.15) is 0 Å². The molecule has 23 heavy (non-hydrogen) atoms. The van der Waals surface area contributed by atoms with Crippen molar-refractivity contribution in [3.63, 3.8) is 0 Å². The molecule has 0 aromatic heterocycles. The maximum Gasteiger partial charge on any atom is 0.429 e. The van der Waals surface area contributed by atoms with Gasteiger partial charge < -0.3 is 9.47 Å². The number of rotatable bonds is 2. The zero-order chi connectivity index (χ0) is 17.7. The Morgan fingerprint density at radius 3 is 1.96 bits per heavy atom. The van der Waals surface area contributed by atoms with E-state index in [1.165, 1.54) is 0 Å². The van der Waals surface area contributed by atoms with E-state index in [9.17, 15) is 9.59 Å². The van der Waals surface area contributed by atoms with E-state index in [2.05, 4.69) is 5.43 Å². The fourth-order valence-electron chi connectivity index (χ4n) is 1.64. The summed E-state index contributed by atoms with van der Waals surface area (Å²) in [5.74, 6) is 0. The van der Waals surface area contributed by atoms with Crippen LogP contribution in [0.2, 0.25) is 0 Å². The number of hydrazine groups is 1. The van der Waals surface area contributed by atoms with E-state index in [1.54, 1.807) is 41.5 Å². The second-order valence-corrected chi connectivity index (χ2v) is 7.17. The maximum absolute atomic E-state index is 12.3. The molecule has 1 aromatic carbocycles. The van der Waals surface area contributed by atoms with Crippen molar-refractivity contribution < 1.29 is 19.1 Å². The standard InChI is InChI=1S/C17H26N2O4/c1-16(2,3)22-14(20)18-19(15(21)23-17(4,5)6)12-13-10-8-7-9-11-13/h7-11H,12H2,1-6H3,(H,18,20). The fourth-order valence-corrected chi connectivity index (χ4v) is 1.64. The number of nitrogens with zero attached hydrogens (tertiary/aromatic N) is 1. The molecule has 2 amide bonds. The van der Waals surface area contributed by atoms with Crippen LogP contribution in [-0.2, 0) is 16.0 Å². The molecule has 0 fully saturated rings. The van der Waals surface area contributed by atoms with Crippen LogP contribution >= 0.6 is 0 Å². The Bertz CT molecular complexity index is 530. The Kier molecular flexibility index (Phi) is 6.01. The Balaban J connectivity index is 2.83. The highest BCUT2D eigenvalue weighted by molar-refractivity contribution is 5.74. The third kappa shape index (κ3) is 8.09. The summed E-state index contributed by atoms with van der Waals surface area (Å²) < 4.78 is 10.5. The third-order valence-corrected chi connectivity index (χ3v) is 2.42. The highest BCUT2D eigenvalue weighted by Gasteiger charge is 2.26. The summed E-state index contributed by atoms with van der Waals surface area (Å²) >= 11 is 0. The summed E-state index contributed by atoms with van der Waals surface area (Å²) in [6.45, 7) is 10.7. The van der Waals surface area contributed by atoms with Crippen LogP contribution in [0, 0.1) is 0 Å². The molecule has 0 radical (unpaired) electrons. The van der Waals surface area contributed by atoms with Gasteiger partial charge in [-0.15, -0.1) is 0 Å². The lowest BCUT2D eigenvalue weighted by Crippen LogP contribution is -2.49. The van der Waals surface area contributed by atoms with Crippen LogP contribution in [-0.4, -0.2) is 28.4 Å². The van der Waals surface area contributed by atoms with E-state index >= 15 is 0 Å². The van der Waals surface area contributed by atoms with Crippen molar-refractivity contribution >= 4 is 12.2 Å². The molecule has 0 aliphatic rings. The van der Waals surface area contributed by atoms with Crippen molar-refractivity contribution in [2.45, 2.75) is 59.3 Å². The first-order chi connectivity index (χ1) is 10.5. The fraction of sp³-hybridized carbons (Fsp3) is 0.529. The molecular formula is C17H26N2O4. The molecule has 1 N–H and O–H groups in total. The maximum atomic E-state index is 12.3. The molecular weight excluding hydrogens is 296 g/mol. The lowest BCUT2D eigenvalue weighted by atomic mass is 10.2. The third-order valence-electron chi connectivity index (χ3n) is 2.42. The zero-order valence-corrected chi connectivity index (χ0v) is 14.7. The average molecular weight is 322 g/mol. The lowest BCUT2D eigenvalue weighted by Gasteiger charge is -2.28. The summed E-state index contributed by atoms with van der Waals surface area (Å²) in [6, 6.07) is 9.30. The smallest absolute Gasteiger partial charge is 0.429 e. The van der Waals surface area contributed by atoms with Crippen molar-refractivity contribution in [2.75, 3.05) is 0 Å². The van der Waals surface area contributed by atoms with Gasteiger partial charge >= 0.3 is 12.2 Å². The largest absolute Gasteiger partial charge is 0.443 e. The van der Waals surface area contributed by atoms with Crippen molar-refractivity contribution in [1.29, 1.82) is 0 Å². The van der Waals surface area contributed by atoms with Gasteiger partial charge in [0.05, 0.1) is 6.54 Å². The van der Waals surface area contributed by atoms with Gasteiger partial charge in [0, 0.05) is 0 Å². The number of nitrogens with one attached hydrogen (secondary N) is 1. The van der Waals surface area contributed by atoms with Crippen LogP contribution in [0.1, 0.15) is 47.1 Å². The van der Waals surface area contributed by atoms with Gasteiger partial charge in [0.25, 0.3) is 0 Å². The van der Waals surface area contributed by atoms with Gasteiger partial charge in [-0.1, -0.05) is 30.3 Å². The van der Waals surface area contributed by atoms with Gasteiger partial charge in [0.1, 0.15) is 11.2 Å². The van der Waals surface area contributed by atoms with Gasteiger partial charge in [0.2, 0.25) is 0 Å². The highest BCUT2D eigenvalue weighted by atomic mass is 16.6. The second kappa shape index (κ2) is 7.35. The number of hydrogen-bond donors (Lipinski definition) is 1. The molecule has 0 heterocycles. The molecule has 0 bridgehead atoms. The summed E-state index contributed by atoms with van der Waals surface area (Å²) in [4.78, 5) is 24.2. The molecule has 0 aliphatic carbocycles. The van der Waals surface area contributed by atoms with Crippen LogP contribution in [0.15, 0.2) is 30.3 Å². The Labute approximate surface area is 137 Å². The summed E-state index contributed by atoms with van der Waals surface area (Å²) in [5.41, 5.74) is 1.98. The number of amides is 2. The molecule has 6 heteroatoms. The quantitative estimate of drug-likeness (QED) is 0.839. The van der Waals surface area contributed by atoms with Crippen LogP contribution in [0.5, 0.6) is 0 Å². The minimum Gasteiger partial charge on any atom is -0.443 e. The first kappa shape index (κ1) is 18.8. The molecule has 6 nitrogen and oxygen atoms in total. The SMILES string of the molecule is CC(C)(C)OC(=O)NN(Cc1ccccc1)C(=O)OC(C)(C)C. The summed E-state index contributed by atoms with van der Waals surface area (Å²) in [6.07, 6.45) is -1.36. The van der Waals surface area contributed by atoms with E-state index < -0.39 is 23.4 Å². The molecule has 128 valence electrons. The normalized spacial score (nSPS) is 11.6. The number of ether oxygens (including phenoxy) is 2. The molecule has 1 rings (SSSR count). The summed E-state index contributed by atoms with van der Waals surface area (Å²) in [5, 5.41) is 1.11. The molecule has 0 aliphatic heterocycles. The zero-order valence-electron chi connectivity index (χ0n) is 14.7. The molecule has 0 saturated carbocycles. The number of carbonyl (C=O) groups is 2. The first-order valence-corrected chi connectivity index (χ1v) is 7.50. The Hall–Kier alpha value is -2.24. The monoisotopic (exact) mass is 322 g/mol. The van der Waals surface area contributed by atoms with E-state index in [4.69, 9.17) is 9.47 Å². The molecule has 0 atom stereocenters. The first-order valence-electron chi connectivity index (χ1n) is 7.50. The lowest BCUT2D eigenvalue weighted by molar-refractivity contribution is -0.000655. The van der Waals surface area contributed by atoms with Crippen molar-refractivity contribution in [1.82, 2.24) is 10.4 Å². The van der Waals surface area contributed by atoms with E-state index in [1.807, 2.05) is 30.3 Å². The topological polar surface area (TPSA) is 67.9 Å². The van der Waals surface area contributed by atoms with Gasteiger partial charge in [-0.05, 0) is 47.1 Å². The van der Waals surface area contributed by atoms with Crippen molar-refractivity contribution in [3.8, 4) is 0 Å². The van der Waals surface area contributed by atoms with E-state index in [-0.39, 0.29) is 6.54 Å². The number of benzene rings is 1. The van der Waals surface area contributed by atoms with Crippen LogP contribution in [0.3, 0.4) is 0 Å². The van der Waals surface area contributed by atoms with Crippen molar-refractivity contribution in [2.24, 2.45) is 0 Å². The minimum absolute atomic E-state index is 0.176. The van der Waals surface area contributed by atoms with Crippen LogP contribution < -0.4 is 5.43 Å². The van der Waals surface area contributed by atoms with E-state index in [0.29, 0.717) is 0 Å². The Morgan fingerprint density at radius 2 is 1.48 bits per heavy atom. The van der Waals surface area contributed by atoms with Gasteiger partial charge in [0.15, 0.2) is 0 Å². The van der Waals surface area contributed by atoms with E-state index in [0.717, 1.165) is 10.6 Å². The predicted octanol–water partition coefficient (Wildman–Crippen LogP) is 3.86. The number of carbonyl (C=O) groups excluding carboxylic acids is 2. The van der Waals surface area contributed by atoms with Crippen LogP contribution in [0.25, 0.3) is 0 Å². The average Bonchev–Trinajstić information content (AvgIpc) is 2.34. The predicted molar refractivity (Wildman–Crippen MR) is 87.6 cm³/mol. The minimum atomic E-state index is -0.709. The second-order valence-electron chi connectivity index (χ2n) is 7.17. The molecule has 0 unspecified atom stereocenters. The molecule has 0 spiro atoms. The van der Waals surface area contributed by atoms with Gasteiger partial charge in [-0.3, -0.25) is 0 Å². The molecule has 1 aromatic rings. The van der Waals surface area contributed by atoms with Crippen LogP contribution in [0.4, 0.5) is 9.59 Å². The Morgan fingerprint density at radius 1 is 0.957 bits per heavy atom. The number of hydrogen-bond acceptors (Lipinski definition) is 4. The summed E-state index contributed by atoms with van der Waals surface area (Å²) in [7, 11) is 0. The van der Waals surface area contributed by atoms with Crippen molar-refractivity contribution in [3.05, 3.63) is 35.9 Å². The van der Waals surface area contributed by atoms with Gasteiger partial charge in [-0.25, -0.2) is 20.0 Å².